The van der Waals surface area contributed by atoms with Crippen LogP contribution in [0.3, 0.4) is 0 Å². The number of hydrogen-bond donors (Lipinski definition) is 4. The van der Waals surface area contributed by atoms with Gasteiger partial charge in [-0.1, -0.05) is 24.6 Å². The number of carbonyl (C=O) groups is 2. The highest BCUT2D eigenvalue weighted by Gasteiger charge is 2.58. The summed E-state index contributed by atoms with van der Waals surface area (Å²) in [4.78, 5) is 27.9. The van der Waals surface area contributed by atoms with E-state index in [-0.39, 0.29) is 23.5 Å². The first-order chi connectivity index (χ1) is 15.2. The molecule has 178 valence electrons. The van der Waals surface area contributed by atoms with Gasteiger partial charge < -0.3 is 25.5 Å². The van der Waals surface area contributed by atoms with Crippen molar-refractivity contribution in [2.75, 3.05) is 13.2 Å². The van der Waals surface area contributed by atoms with Gasteiger partial charge in [-0.15, -0.1) is 0 Å². The first-order valence-electron chi connectivity index (χ1n) is 11.9. The summed E-state index contributed by atoms with van der Waals surface area (Å²) in [5, 5.41) is 34.8. The van der Waals surface area contributed by atoms with Crippen LogP contribution in [0.1, 0.15) is 65.2 Å². The normalized spacial score (nSPS) is 40.5. The summed E-state index contributed by atoms with van der Waals surface area (Å²) in [7, 11) is 0. The average molecular weight is 449 g/mol. The van der Waals surface area contributed by atoms with E-state index in [4.69, 9.17) is 15.1 Å². The van der Waals surface area contributed by atoms with Gasteiger partial charge in [-0.2, -0.15) is 0 Å². The molecule has 4 rings (SSSR count). The van der Waals surface area contributed by atoms with Gasteiger partial charge in [0.05, 0.1) is 18.4 Å². The molecule has 32 heavy (non-hydrogen) atoms. The monoisotopic (exact) mass is 448 g/mol. The van der Waals surface area contributed by atoms with Gasteiger partial charge in [0, 0.05) is 0 Å². The van der Waals surface area contributed by atoms with E-state index in [1.165, 1.54) is 12.0 Å². The number of allylic oxidation sites excluding steroid dienone is 2. The minimum Gasteiger partial charge on any atom is -0.480 e. The van der Waals surface area contributed by atoms with Crippen molar-refractivity contribution in [1.29, 1.82) is 0 Å². The van der Waals surface area contributed by atoms with Crippen LogP contribution in [0, 0.1) is 28.6 Å². The number of rotatable bonds is 6. The minimum atomic E-state index is -1.34. The number of carboxylic acids is 1. The number of nitrogens with one attached hydrogen (secondary N) is 1. The Balaban J connectivity index is 1.39. The molecule has 0 aromatic rings. The van der Waals surface area contributed by atoms with Gasteiger partial charge in [0.2, 0.25) is 0 Å². The van der Waals surface area contributed by atoms with Crippen molar-refractivity contribution in [3.8, 4) is 0 Å². The van der Waals surface area contributed by atoms with Crippen LogP contribution in [0.2, 0.25) is 0 Å². The number of nitrogens with zero attached hydrogens (tertiary/aromatic N) is 1. The highest BCUT2D eigenvalue weighted by Crippen LogP contribution is 2.65. The Morgan fingerprint density at radius 2 is 1.97 bits per heavy atom. The van der Waals surface area contributed by atoms with E-state index >= 15 is 0 Å². The van der Waals surface area contributed by atoms with Crippen molar-refractivity contribution in [1.82, 2.24) is 5.32 Å². The lowest BCUT2D eigenvalue weighted by Gasteiger charge is -2.57. The smallest absolute Gasteiger partial charge is 0.328 e. The highest BCUT2D eigenvalue weighted by molar-refractivity contribution is 5.96. The minimum absolute atomic E-state index is 0.0874. The lowest BCUT2D eigenvalue weighted by atomic mass is 9.47. The molecule has 3 saturated carbocycles. The van der Waals surface area contributed by atoms with Gasteiger partial charge >= 0.3 is 5.97 Å². The molecule has 7 atom stereocenters. The van der Waals surface area contributed by atoms with Crippen LogP contribution >= 0.6 is 0 Å². The number of aliphatic hydroxyl groups is 2. The standard InChI is InChI=1S/C24H36N2O6/c1-23-9-7-15(26-32-13-21(29)25-19(12-27)22(30)31)11-14(23)3-4-16-17-5-6-20(28)24(17,2)10-8-18(16)23/h11,16-20,27-28H,3-10,12-13H2,1-2H3,(H,25,29)(H,30,31)/b26-15-/t16-,17-,18-,19-,20+,23-,24-/m0/s1. The largest absolute Gasteiger partial charge is 0.480 e. The first kappa shape index (κ1) is 23.2. The van der Waals surface area contributed by atoms with Crippen molar-refractivity contribution < 1.29 is 29.7 Å². The number of hydrogen-bond acceptors (Lipinski definition) is 6. The zero-order valence-electron chi connectivity index (χ0n) is 19.0. The van der Waals surface area contributed by atoms with E-state index in [2.05, 4.69) is 30.4 Å². The maximum Gasteiger partial charge on any atom is 0.328 e. The van der Waals surface area contributed by atoms with Gasteiger partial charge in [0.1, 0.15) is 6.04 Å². The summed E-state index contributed by atoms with van der Waals surface area (Å²) in [5.41, 5.74) is 2.48. The lowest BCUT2D eigenvalue weighted by molar-refractivity contribution is -0.143. The number of oxime groups is 1. The zero-order valence-corrected chi connectivity index (χ0v) is 19.0. The van der Waals surface area contributed by atoms with Gasteiger partial charge in [-0.3, -0.25) is 4.79 Å². The summed E-state index contributed by atoms with van der Waals surface area (Å²) in [5.74, 6) is 0.0219. The molecule has 8 nitrogen and oxygen atoms in total. The number of carbonyl (C=O) groups excluding carboxylic acids is 1. The number of aliphatic carboxylic acids is 1. The SMILES string of the molecule is C[C@]12CC[C@H]3[C@@H](CCC4=C/C(=N\OCC(=O)N[C@@H](CO)C(=O)O)CC[C@@]43C)[C@@H]1CC[C@H]2O. The molecule has 0 unspecified atom stereocenters. The van der Waals surface area contributed by atoms with E-state index in [1.54, 1.807) is 0 Å². The molecule has 0 bridgehead atoms. The van der Waals surface area contributed by atoms with Crippen molar-refractivity contribution in [3.63, 3.8) is 0 Å². The molecule has 4 N–H and O–H groups in total. The number of fused-ring (bicyclic) bond motifs is 5. The third-order valence-electron chi connectivity index (χ3n) is 9.12. The Morgan fingerprint density at radius 1 is 1.19 bits per heavy atom. The van der Waals surface area contributed by atoms with Crippen molar-refractivity contribution in [2.45, 2.75) is 77.4 Å². The van der Waals surface area contributed by atoms with Crippen LogP contribution < -0.4 is 5.32 Å². The van der Waals surface area contributed by atoms with Crippen LogP contribution in [0.25, 0.3) is 0 Å². The fraction of sp³-hybridized carbons (Fsp3) is 0.792. The number of amides is 1. The van der Waals surface area contributed by atoms with E-state index in [0.717, 1.165) is 50.7 Å². The summed E-state index contributed by atoms with van der Waals surface area (Å²) in [6.45, 7) is 3.63. The molecule has 1 amide bonds. The summed E-state index contributed by atoms with van der Waals surface area (Å²) < 4.78 is 0. The predicted octanol–water partition coefficient (Wildman–Crippen LogP) is 2.24. The third-order valence-corrected chi connectivity index (χ3v) is 9.12. The van der Waals surface area contributed by atoms with Crippen molar-refractivity contribution in [3.05, 3.63) is 11.6 Å². The molecule has 0 aromatic heterocycles. The highest BCUT2D eigenvalue weighted by atomic mass is 16.6. The topological polar surface area (TPSA) is 128 Å². The van der Waals surface area contributed by atoms with Gasteiger partial charge in [-0.05, 0) is 86.0 Å². The fourth-order valence-electron chi connectivity index (χ4n) is 7.21. The molecular weight excluding hydrogens is 412 g/mol. The molecule has 8 heteroatoms. The molecule has 0 radical (unpaired) electrons. The quantitative estimate of drug-likeness (QED) is 0.461. The van der Waals surface area contributed by atoms with Gasteiger partial charge in [0.15, 0.2) is 6.61 Å². The van der Waals surface area contributed by atoms with E-state index in [9.17, 15) is 14.7 Å². The molecule has 0 saturated heterocycles. The molecule has 0 aliphatic heterocycles. The van der Waals surface area contributed by atoms with Crippen LogP contribution in [0.5, 0.6) is 0 Å². The lowest BCUT2D eigenvalue weighted by Crippen LogP contribution is -2.51. The van der Waals surface area contributed by atoms with E-state index < -0.39 is 24.5 Å². The molecule has 0 spiro atoms. The fourth-order valence-corrected chi connectivity index (χ4v) is 7.21. The first-order valence-corrected chi connectivity index (χ1v) is 11.9. The second kappa shape index (κ2) is 8.78. The summed E-state index contributed by atoms with van der Waals surface area (Å²) >= 11 is 0. The zero-order chi connectivity index (χ0) is 23.1. The Kier molecular flexibility index (Phi) is 6.38. The maximum atomic E-state index is 11.8. The Labute approximate surface area is 189 Å². The Morgan fingerprint density at radius 3 is 2.69 bits per heavy atom. The molecule has 3 fully saturated rings. The van der Waals surface area contributed by atoms with Crippen LogP contribution in [-0.4, -0.2) is 58.3 Å². The van der Waals surface area contributed by atoms with Crippen LogP contribution in [0.4, 0.5) is 0 Å². The third kappa shape index (κ3) is 3.96. The summed E-state index contributed by atoms with van der Waals surface area (Å²) in [6, 6.07) is -1.34. The second-order valence-electron chi connectivity index (χ2n) is 10.6. The van der Waals surface area contributed by atoms with Crippen LogP contribution in [-0.2, 0) is 14.4 Å². The van der Waals surface area contributed by atoms with Gasteiger partial charge in [-0.25, -0.2) is 4.79 Å². The number of aliphatic hydroxyl groups excluding tert-OH is 2. The van der Waals surface area contributed by atoms with E-state index in [1.807, 2.05) is 0 Å². The maximum absolute atomic E-state index is 11.8. The van der Waals surface area contributed by atoms with Crippen LogP contribution in [0.15, 0.2) is 16.8 Å². The molecular formula is C24H36N2O6. The summed E-state index contributed by atoms with van der Waals surface area (Å²) in [6.07, 6.45) is 10.3. The average Bonchev–Trinajstić information content (AvgIpc) is 3.06. The molecule has 4 aliphatic rings. The molecule has 0 heterocycles. The second-order valence-corrected chi connectivity index (χ2v) is 10.6. The molecule has 0 aromatic carbocycles. The Bertz CT molecular complexity index is 825. The van der Waals surface area contributed by atoms with Crippen molar-refractivity contribution >= 4 is 17.6 Å². The molecule has 4 aliphatic carbocycles. The predicted molar refractivity (Wildman–Crippen MR) is 118 cm³/mol. The van der Waals surface area contributed by atoms with Crippen molar-refractivity contribution in [2.24, 2.45) is 33.7 Å². The Hall–Kier alpha value is -1.93. The number of carboxylic acid groups (broad SMARTS) is 1. The van der Waals surface area contributed by atoms with E-state index in [0.29, 0.717) is 17.8 Å². The van der Waals surface area contributed by atoms with Gasteiger partial charge in [0.25, 0.3) is 5.91 Å².